The molecule has 0 radical (unpaired) electrons. The van der Waals surface area contributed by atoms with Crippen molar-refractivity contribution < 1.29 is 4.79 Å². The third kappa shape index (κ3) is 3.73. The van der Waals surface area contributed by atoms with E-state index in [0.29, 0.717) is 28.9 Å². The molecule has 21 heavy (non-hydrogen) atoms. The van der Waals surface area contributed by atoms with E-state index in [1.807, 2.05) is 12.1 Å². The fraction of sp³-hybridized carbons (Fsp3) is 0.588. The maximum atomic E-state index is 12.0. The number of hydrogen-bond acceptors (Lipinski definition) is 1. The number of halogens is 2. The molecular formula is C17H21Cl2NO. The van der Waals surface area contributed by atoms with E-state index in [4.69, 9.17) is 23.2 Å². The van der Waals surface area contributed by atoms with E-state index in [2.05, 4.69) is 5.32 Å². The summed E-state index contributed by atoms with van der Waals surface area (Å²) in [6, 6.07) is 5.50. The third-order valence-electron chi connectivity index (χ3n) is 5.06. The molecule has 2 aliphatic carbocycles. The standard InChI is InChI=1S/C17H21Cl2NO/c18-15-4-3-12(16(19)10-15)5-6-20-17(21)9-14-8-11-1-2-13(14)7-11/h3-4,10-11,13-14H,1-2,5-9H2,(H,20,21)/t11-,13+,14-/m1/s1. The number of carbonyl (C=O) groups excluding carboxylic acids is 1. The summed E-state index contributed by atoms with van der Waals surface area (Å²) in [4.78, 5) is 12.0. The molecule has 0 unspecified atom stereocenters. The average Bonchev–Trinajstić information content (AvgIpc) is 3.03. The van der Waals surface area contributed by atoms with Gasteiger partial charge >= 0.3 is 0 Å². The lowest BCUT2D eigenvalue weighted by Crippen LogP contribution is -2.29. The van der Waals surface area contributed by atoms with Crippen LogP contribution < -0.4 is 5.32 Å². The molecule has 0 spiro atoms. The van der Waals surface area contributed by atoms with Crippen LogP contribution in [0.3, 0.4) is 0 Å². The van der Waals surface area contributed by atoms with E-state index >= 15 is 0 Å². The minimum absolute atomic E-state index is 0.192. The third-order valence-corrected chi connectivity index (χ3v) is 5.65. The monoisotopic (exact) mass is 325 g/mol. The highest BCUT2D eigenvalue weighted by molar-refractivity contribution is 6.35. The fourth-order valence-electron chi connectivity index (χ4n) is 4.00. The van der Waals surface area contributed by atoms with Crippen LogP contribution in [0.5, 0.6) is 0 Å². The molecule has 114 valence electrons. The molecule has 2 aliphatic rings. The van der Waals surface area contributed by atoms with E-state index < -0.39 is 0 Å². The molecule has 3 atom stereocenters. The van der Waals surface area contributed by atoms with Crippen molar-refractivity contribution in [3.8, 4) is 0 Å². The van der Waals surface area contributed by atoms with Crippen molar-refractivity contribution in [3.05, 3.63) is 33.8 Å². The first-order valence-electron chi connectivity index (χ1n) is 7.82. The van der Waals surface area contributed by atoms with E-state index in [9.17, 15) is 4.79 Å². The molecule has 2 saturated carbocycles. The summed E-state index contributed by atoms with van der Waals surface area (Å²) in [5.41, 5.74) is 1.03. The van der Waals surface area contributed by atoms with E-state index in [0.717, 1.165) is 23.8 Å². The molecule has 0 aliphatic heterocycles. The van der Waals surface area contributed by atoms with Gasteiger partial charge in [-0.3, -0.25) is 4.79 Å². The first kappa shape index (κ1) is 15.2. The van der Waals surface area contributed by atoms with Crippen LogP contribution in [0.15, 0.2) is 18.2 Å². The van der Waals surface area contributed by atoms with Crippen molar-refractivity contribution in [2.45, 2.75) is 38.5 Å². The SMILES string of the molecule is O=C(C[C@H]1C[C@@H]2CC[C@H]1C2)NCCc1ccc(Cl)cc1Cl. The summed E-state index contributed by atoms with van der Waals surface area (Å²) in [5, 5.41) is 4.34. The van der Waals surface area contributed by atoms with Gasteiger partial charge in [0.1, 0.15) is 0 Å². The van der Waals surface area contributed by atoms with Crippen molar-refractivity contribution in [2.75, 3.05) is 6.54 Å². The number of benzene rings is 1. The average molecular weight is 326 g/mol. The lowest BCUT2D eigenvalue weighted by atomic mass is 9.86. The summed E-state index contributed by atoms with van der Waals surface area (Å²) in [5.74, 6) is 2.53. The lowest BCUT2D eigenvalue weighted by molar-refractivity contribution is -0.122. The van der Waals surface area contributed by atoms with Gasteiger partial charge in [0.25, 0.3) is 0 Å². The second-order valence-electron chi connectivity index (χ2n) is 6.47. The molecule has 2 fully saturated rings. The molecule has 1 aromatic rings. The Labute approximate surface area is 136 Å². The van der Waals surface area contributed by atoms with Gasteiger partial charge in [0.05, 0.1) is 0 Å². The van der Waals surface area contributed by atoms with Crippen molar-refractivity contribution in [1.29, 1.82) is 0 Å². The van der Waals surface area contributed by atoms with E-state index in [-0.39, 0.29) is 5.91 Å². The minimum Gasteiger partial charge on any atom is -0.356 e. The predicted molar refractivity (Wildman–Crippen MR) is 86.7 cm³/mol. The van der Waals surface area contributed by atoms with Crippen LogP contribution in [-0.4, -0.2) is 12.5 Å². The molecular weight excluding hydrogens is 305 g/mol. The lowest BCUT2D eigenvalue weighted by Gasteiger charge is -2.20. The maximum Gasteiger partial charge on any atom is 0.220 e. The van der Waals surface area contributed by atoms with Gasteiger partial charge in [-0.25, -0.2) is 0 Å². The maximum absolute atomic E-state index is 12.0. The van der Waals surface area contributed by atoms with Gasteiger partial charge in [0.15, 0.2) is 0 Å². The van der Waals surface area contributed by atoms with Gasteiger partial charge in [-0.15, -0.1) is 0 Å². The molecule has 1 aromatic carbocycles. The highest BCUT2D eigenvalue weighted by atomic mass is 35.5. The Morgan fingerprint density at radius 3 is 2.76 bits per heavy atom. The smallest absolute Gasteiger partial charge is 0.220 e. The summed E-state index contributed by atoms with van der Waals surface area (Å²) in [6.45, 7) is 0.640. The molecule has 3 rings (SSSR count). The fourth-order valence-corrected chi connectivity index (χ4v) is 4.50. The van der Waals surface area contributed by atoms with Gasteiger partial charge in [-0.1, -0.05) is 35.7 Å². The Kier molecular flexibility index (Phi) is 4.75. The molecule has 0 heterocycles. The molecule has 0 saturated heterocycles. The number of nitrogens with one attached hydrogen (secondary N) is 1. The van der Waals surface area contributed by atoms with Crippen LogP contribution in [-0.2, 0) is 11.2 Å². The summed E-state index contributed by atoms with van der Waals surface area (Å²) in [6.07, 6.45) is 6.80. The number of carbonyl (C=O) groups is 1. The number of rotatable bonds is 5. The van der Waals surface area contributed by atoms with Crippen LogP contribution in [0.1, 0.15) is 37.7 Å². The number of hydrogen-bond donors (Lipinski definition) is 1. The first-order chi connectivity index (χ1) is 10.1. The van der Waals surface area contributed by atoms with Crippen LogP contribution >= 0.6 is 23.2 Å². The quantitative estimate of drug-likeness (QED) is 0.849. The van der Waals surface area contributed by atoms with Crippen molar-refractivity contribution in [1.82, 2.24) is 5.32 Å². The molecule has 2 bridgehead atoms. The zero-order chi connectivity index (χ0) is 14.8. The number of amides is 1. The highest BCUT2D eigenvalue weighted by Gasteiger charge is 2.39. The molecule has 2 nitrogen and oxygen atoms in total. The van der Waals surface area contributed by atoms with Gasteiger partial charge in [-0.2, -0.15) is 0 Å². The molecule has 1 N–H and O–H groups in total. The van der Waals surface area contributed by atoms with Crippen LogP contribution in [0, 0.1) is 17.8 Å². The Bertz CT molecular complexity index is 532. The topological polar surface area (TPSA) is 29.1 Å². The van der Waals surface area contributed by atoms with Crippen LogP contribution in [0.4, 0.5) is 0 Å². The van der Waals surface area contributed by atoms with Crippen molar-refractivity contribution >= 4 is 29.1 Å². The van der Waals surface area contributed by atoms with Gasteiger partial charge in [0.2, 0.25) is 5.91 Å². The molecule has 4 heteroatoms. The Morgan fingerprint density at radius 1 is 1.24 bits per heavy atom. The zero-order valence-electron chi connectivity index (χ0n) is 12.1. The summed E-state index contributed by atoms with van der Waals surface area (Å²) < 4.78 is 0. The Hall–Kier alpha value is -0.730. The van der Waals surface area contributed by atoms with Crippen LogP contribution in [0.25, 0.3) is 0 Å². The minimum atomic E-state index is 0.192. The summed E-state index contributed by atoms with van der Waals surface area (Å²) in [7, 11) is 0. The zero-order valence-corrected chi connectivity index (χ0v) is 13.6. The Balaban J connectivity index is 1.42. The molecule has 0 aromatic heterocycles. The van der Waals surface area contributed by atoms with Crippen molar-refractivity contribution in [3.63, 3.8) is 0 Å². The second-order valence-corrected chi connectivity index (χ2v) is 7.32. The second kappa shape index (κ2) is 6.58. The van der Waals surface area contributed by atoms with Gasteiger partial charge in [-0.05, 0) is 61.1 Å². The number of fused-ring (bicyclic) bond motifs is 2. The Morgan fingerprint density at radius 2 is 2.10 bits per heavy atom. The van der Waals surface area contributed by atoms with Gasteiger partial charge < -0.3 is 5.32 Å². The largest absolute Gasteiger partial charge is 0.356 e. The normalized spacial score (nSPS) is 27.0. The van der Waals surface area contributed by atoms with Crippen molar-refractivity contribution in [2.24, 2.45) is 17.8 Å². The highest BCUT2D eigenvalue weighted by Crippen LogP contribution is 2.49. The summed E-state index contributed by atoms with van der Waals surface area (Å²) >= 11 is 12.0. The first-order valence-corrected chi connectivity index (χ1v) is 8.58. The van der Waals surface area contributed by atoms with E-state index in [1.165, 1.54) is 25.7 Å². The predicted octanol–water partition coefficient (Wildman–Crippen LogP) is 4.48. The molecule has 1 amide bonds. The van der Waals surface area contributed by atoms with Crippen LogP contribution in [0.2, 0.25) is 10.0 Å². The van der Waals surface area contributed by atoms with Gasteiger partial charge in [0, 0.05) is 23.0 Å². The van der Waals surface area contributed by atoms with E-state index in [1.54, 1.807) is 6.07 Å².